The van der Waals surface area contributed by atoms with Crippen LogP contribution in [0.2, 0.25) is 5.02 Å². The highest BCUT2D eigenvalue weighted by atomic mass is 35.5. The van der Waals surface area contributed by atoms with Crippen LogP contribution in [0.25, 0.3) is 0 Å². The number of amides is 2. The zero-order valence-corrected chi connectivity index (χ0v) is 16.0. The van der Waals surface area contributed by atoms with Gasteiger partial charge in [-0.05, 0) is 24.6 Å². The van der Waals surface area contributed by atoms with Crippen LogP contribution in [-0.4, -0.2) is 36.3 Å². The van der Waals surface area contributed by atoms with Gasteiger partial charge in [-0.3, -0.25) is 0 Å². The number of benzene rings is 1. The van der Waals surface area contributed by atoms with Crippen molar-refractivity contribution in [2.45, 2.75) is 32.4 Å². The SMILES string of the molecule is CCC[C@@H]1c2cccn2CCN1C(=O)Nc1cc(Cl)c(OC)cc1OC. The minimum Gasteiger partial charge on any atom is -0.495 e. The largest absolute Gasteiger partial charge is 0.495 e. The van der Waals surface area contributed by atoms with Crippen molar-refractivity contribution < 1.29 is 14.3 Å². The fraction of sp³-hybridized carbons (Fsp3) is 0.421. The summed E-state index contributed by atoms with van der Waals surface area (Å²) >= 11 is 6.21. The molecule has 3 rings (SSSR count). The van der Waals surface area contributed by atoms with E-state index in [-0.39, 0.29) is 12.1 Å². The first kappa shape index (κ1) is 18.5. The van der Waals surface area contributed by atoms with Gasteiger partial charge in [-0.1, -0.05) is 24.9 Å². The molecule has 1 aliphatic rings. The van der Waals surface area contributed by atoms with E-state index in [2.05, 4.69) is 29.1 Å². The van der Waals surface area contributed by atoms with Gasteiger partial charge in [-0.25, -0.2) is 4.79 Å². The van der Waals surface area contributed by atoms with Crippen molar-refractivity contribution in [2.75, 3.05) is 26.1 Å². The molecule has 26 heavy (non-hydrogen) atoms. The van der Waals surface area contributed by atoms with Gasteiger partial charge in [0.05, 0.1) is 31.0 Å². The second-order valence-electron chi connectivity index (χ2n) is 6.24. The lowest BCUT2D eigenvalue weighted by molar-refractivity contribution is 0.163. The number of hydrogen-bond acceptors (Lipinski definition) is 3. The van der Waals surface area contributed by atoms with E-state index in [1.807, 2.05) is 11.0 Å². The van der Waals surface area contributed by atoms with Crippen molar-refractivity contribution in [1.29, 1.82) is 0 Å². The maximum Gasteiger partial charge on any atom is 0.322 e. The van der Waals surface area contributed by atoms with E-state index in [0.717, 1.165) is 19.4 Å². The molecule has 2 aromatic rings. The molecule has 2 heterocycles. The summed E-state index contributed by atoms with van der Waals surface area (Å²) in [5, 5.41) is 3.37. The smallest absolute Gasteiger partial charge is 0.322 e. The molecule has 0 saturated heterocycles. The van der Waals surface area contributed by atoms with Gasteiger partial charge >= 0.3 is 6.03 Å². The first-order valence-corrected chi connectivity index (χ1v) is 9.11. The number of carbonyl (C=O) groups excluding carboxylic acids is 1. The second-order valence-corrected chi connectivity index (χ2v) is 6.65. The zero-order chi connectivity index (χ0) is 18.7. The molecule has 6 nitrogen and oxygen atoms in total. The van der Waals surface area contributed by atoms with Gasteiger partial charge in [-0.15, -0.1) is 0 Å². The van der Waals surface area contributed by atoms with Crippen molar-refractivity contribution in [1.82, 2.24) is 9.47 Å². The van der Waals surface area contributed by atoms with Gasteiger partial charge in [0.1, 0.15) is 11.5 Å². The van der Waals surface area contributed by atoms with Crippen LogP contribution in [0, 0.1) is 0 Å². The minimum absolute atomic E-state index is 0.0588. The Labute approximate surface area is 158 Å². The van der Waals surface area contributed by atoms with Crippen LogP contribution in [0.15, 0.2) is 30.5 Å². The second kappa shape index (κ2) is 7.91. The van der Waals surface area contributed by atoms with E-state index in [1.54, 1.807) is 19.2 Å². The van der Waals surface area contributed by atoms with Gasteiger partial charge in [-0.2, -0.15) is 0 Å². The molecule has 0 spiro atoms. The predicted octanol–water partition coefficient (Wildman–Crippen LogP) is 4.55. The Hall–Kier alpha value is -2.34. The van der Waals surface area contributed by atoms with Crippen molar-refractivity contribution in [3.8, 4) is 11.5 Å². The van der Waals surface area contributed by atoms with Crippen molar-refractivity contribution in [3.63, 3.8) is 0 Å². The number of nitrogens with one attached hydrogen (secondary N) is 1. The predicted molar refractivity (Wildman–Crippen MR) is 102 cm³/mol. The molecule has 1 N–H and O–H groups in total. The van der Waals surface area contributed by atoms with Crippen LogP contribution >= 0.6 is 11.6 Å². The Morgan fingerprint density at radius 1 is 1.27 bits per heavy atom. The van der Waals surface area contributed by atoms with Crippen LogP contribution in [-0.2, 0) is 6.54 Å². The molecule has 1 atom stereocenters. The van der Waals surface area contributed by atoms with Crippen molar-refractivity contribution in [2.24, 2.45) is 0 Å². The van der Waals surface area contributed by atoms with Crippen molar-refractivity contribution in [3.05, 3.63) is 41.2 Å². The van der Waals surface area contributed by atoms with E-state index < -0.39 is 0 Å². The van der Waals surface area contributed by atoms with Crippen LogP contribution < -0.4 is 14.8 Å². The number of fused-ring (bicyclic) bond motifs is 1. The third kappa shape index (κ3) is 3.46. The molecular weight excluding hydrogens is 354 g/mol. The van der Waals surface area contributed by atoms with Gasteiger partial charge in [0.25, 0.3) is 0 Å². The molecule has 1 aromatic heterocycles. The zero-order valence-electron chi connectivity index (χ0n) is 15.3. The number of carbonyl (C=O) groups is 1. The number of hydrogen-bond donors (Lipinski definition) is 1. The molecule has 0 saturated carbocycles. The number of urea groups is 1. The van der Waals surface area contributed by atoms with Gasteiger partial charge in [0.2, 0.25) is 0 Å². The van der Waals surface area contributed by atoms with Crippen molar-refractivity contribution >= 4 is 23.3 Å². The Bertz CT molecular complexity index is 790. The molecule has 1 aliphatic heterocycles. The quantitative estimate of drug-likeness (QED) is 0.831. The lowest BCUT2D eigenvalue weighted by Gasteiger charge is -2.37. The monoisotopic (exact) mass is 377 g/mol. The Morgan fingerprint density at radius 3 is 2.73 bits per heavy atom. The summed E-state index contributed by atoms with van der Waals surface area (Å²) in [7, 11) is 3.09. The summed E-state index contributed by atoms with van der Waals surface area (Å²) < 4.78 is 12.8. The third-order valence-electron chi connectivity index (χ3n) is 4.70. The summed E-state index contributed by atoms with van der Waals surface area (Å²) in [6.07, 6.45) is 3.98. The lowest BCUT2D eigenvalue weighted by Crippen LogP contribution is -2.44. The number of rotatable bonds is 5. The highest BCUT2D eigenvalue weighted by Crippen LogP contribution is 2.37. The molecule has 140 valence electrons. The van der Waals surface area contributed by atoms with E-state index in [1.165, 1.54) is 12.8 Å². The first-order valence-electron chi connectivity index (χ1n) is 8.73. The molecule has 0 bridgehead atoms. The molecular formula is C19H24ClN3O3. The van der Waals surface area contributed by atoms with Crippen LogP contribution in [0.1, 0.15) is 31.5 Å². The average Bonchev–Trinajstić information content (AvgIpc) is 3.11. The Morgan fingerprint density at radius 2 is 2.04 bits per heavy atom. The normalized spacial score (nSPS) is 16.2. The standard InChI is InChI=1S/C19H24ClN3O3/c1-4-6-16-15-7-5-8-22(15)9-10-23(16)19(24)21-14-11-13(20)17(25-2)12-18(14)26-3/h5,7-8,11-12,16H,4,6,9-10H2,1-3H3,(H,21,24)/t16-/m1/s1. The molecule has 0 aliphatic carbocycles. The minimum atomic E-state index is -0.157. The molecule has 7 heteroatoms. The van der Waals surface area contributed by atoms with Gasteiger partial charge < -0.3 is 24.3 Å². The summed E-state index contributed by atoms with van der Waals surface area (Å²) in [5.74, 6) is 1.01. The Kier molecular flexibility index (Phi) is 5.61. The number of ether oxygens (including phenoxy) is 2. The van der Waals surface area contributed by atoms with Gasteiger partial charge in [0, 0.05) is 31.0 Å². The summed E-state index contributed by atoms with van der Waals surface area (Å²) in [4.78, 5) is 14.9. The summed E-state index contributed by atoms with van der Waals surface area (Å²) in [6.45, 7) is 3.57. The molecule has 0 radical (unpaired) electrons. The van der Waals surface area contributed by atoms with E-state index in [0.29, 0.717) is 28.8 Å². The highest BCUT2D eigenvalue weighted by molar-refractivity contribution is 6.32. The number of nitrogens with zero attached hydrogens (tertiary/aromatic N) is 2. The molecule has 0 fully saturated rings. The fourth-order valence-electron chi connectivity index (χ4n) is 3.43. The number of anilines is 1. The van der Waals surface area contributed by atoms with E-state index >= 15 is 0 Å². The van der Waals surface area contributed by atoms with Crippen LogP contribution in [0.3, 0.4) is 0 Å². The molecule has 2 amide bonds. The van der Waals surface area contributed by atoms with Crippen LogP contribution in [0.5, 0.6) is 11.5 Å². The fourth-order valence-corrected chi connectivity index (χ4v) is 3.67. The van der Waals surface area contributed by atoms with E-state index in [9.17, 15) is 4.79 Å². The number of methoxy groups -OCH3 is 2. The number of halogens is 1. The third-order valence-corrected chi connectivity index (χ3v) is 5.00. The number of aromatic nitrogens is 1. The highest BCUT2D eigenvalue weighted by Gasteiger charge is 2.30. The molecule has 0 unspecified atom stereocenters. The summed E-state index contributed by atoms with van der Waals surface area (Å²) in [6, 6.07) is 7.34. The maximum atomic E-state index is 13.0. The topological polar surface area (TPSA) is 55.7 Å². The Balaban J connectivity index is 1.85. The lowest BCUT2D eigenvalue weighted by atomic mass is 10.0. The molecule has 1 aromatic carbocycles. The van der Waals surface area contributed by atoms with Gasteiger partial charge in [0.15, 0.2) is 0 Å². The first-order chi connectivity index (χ1) is 12.6. The summed E-state index contributed by atoms with van der Waals surface area (Å²) in [5.41, 5.74) is 1.70. The maximum absolute atomic E-state index is 13.0. The average molecular weight is 378 g/mol. The van der Waals surface area contributed by atoms with E-state index in [4.69, 9.17) is 21.1 Å². The van der Waals surface area contributed by atoms with Crippen LogP contribution in [0.4, 0.5) is 10.5 Å².